The number of carbonyl (C=O) groups excluding carboxylic acids is 1. The van der Waals surface area contributed by atoms with Gasteiger partial charge >= 0.3 is 0 Å². The number of hydrogen-bond acceptors (Lipinski definition) is 3. The van der Waals surface area contributed by atoms with Crippen LogP contribution in [0.15, 0.2) is 54.6 Å². The zero-order chi connectivity index (χ0) is 15.9. The van der Waals surface area contributed by atoms with Crippen molar-refractivity contribution in [3.05, 3.63) is 65.7 Å². The molecule has 1 atom stereocenters. The van der Waals surface area contributed by atoms with Crippen molar-refractivity contribution in [3.63, 3.8) is 0 Å². The van der Waals surface area contributed by atoms with Crippen LogP contribution in [0, 0.1) is 6.92 Å². The van der Waals surface area contributed by atoms with E-state index in [2.05, 4.69) is 10.2 Å². The summed E-state index contributed by atoms with van der Waals surface area (Å²) >= 11 is 0. The van der Waals surface area contributed by atoms with Crippen LogP contribution in [-0.2, 0) is 4.79 Å². The summed E-state index contributed by atoms with van der Waals surface area (Å²) in [7, 11) is 2.00. The first-order valence-corrected chi connectivity index (χ1v) is 7.44. The van der Waals surface area contributed by atoms with Crippen molar-refractivity contribution in [1.29, 1.82) is 0 Å². The lowest BCUT2D eigenvalue weighted by Gasteiger charge is -2.20. The number of aryl methyl sites for hydroxylation is 1. The largest absolute Gasteiger partial charge is 0.373 e. The van der Waals surface area contributed by atoms with Crippen molar-refractivity contribution in [2.75, 3.05) is 25.0 Å². The summed E-state index contributed by atoms with van der Waals surface area (Å²) in [5.41, 5.74) is 9.10. The molecule has 3 N–H and O–H groups in total. The first-order chi connectivity index (χ1) is 10.6. The van der Waals surface area contributed by atoms with Crippen LogP contribution in [0.1, 0.15) is 17.2 Å². The lowest BCUT2D eigenvalue weighted by molar-refractivity contribution is -0.122. The average molecular weight is 370 g/mol. The highest BCUT2D eigenvalue weighted by Crippen LogP contribution is 2.12. The molecule has 4 nitrogen and oxygen atoms in total. The highest BCUT2D eigenvalue weighted by atomic mass is 35.5. The molecule has 0 aliphatic rings. The molecular weight excluding hydrogens is 345 g/mol. The highest BCUT2D eigenvalue weighted by Gasteiger charge is 2.15. The molecule has 0 aliphatic carbocycles. The highest BCUT2D eigenvalue weighted by molar-refractivity contribution is 5.85. The Labute approximate surface area is 156 Å². The van der Waals surface area contributed by atoms with Crippen LogP contribution in [0.4, 0.5) is 5.69 Å². The summed E-state index contributed by atoms with van der Waals surface area (Å²) in [6, 6.07) is 17.2. The van der Waals surface area contributed by atoms with E-state index in [4.69, 9.17) is 5.73 Å². The van der Waals surface area contributed by atoms with Crippen molar-refractivity contribution in [3.8, 4) is 0 Å². The fourth-order valence-electron chi connectivity index (χ4n) is 2.19. The van der Waals surface area contributed by atoms with Gasteiger partial charge in [-0.15, -0.1) is 24.8 Å². The number of para-hydroxylation sites is 1. The standard InChI is InChI=1S/C18H23N3O.2ClH/c1-14-8-10-15(11-9-14)17(19)18(22)20-12-13-21(2)16-6-4-3-5-7-16;;/h3-11,17H,12-13,19H2,1-2H3,(H,20,22);2*1H. The number of nitrogens with zero attached hydrogens (tertiary/aromatic N) is 1. The van der Waals surface area contributed by atoms with E-state index < -0.39 is 6.04 Å². The third kappa shape index (κ3) is 6.40. The Morgan fingerprint density at radius 3 is 2.25 bits per heavy atom. The molecule has 0 aromatic heterocycles. The average Bonchev–Trinajstić information content (AvgIpc) is 2.55. The van der Waals surface area contributed by atoms with Crippen molar-refractivity contribution in [2.45, 2.75) is 13.0 Å². The predicted molar refractivity (Wildman–Crippen MR) is 105 cm³/mol. The van der Waals surface area contributed by atoms with Gasteiger partial charge in [-0.05, 0) is 24.6 Å². The van der Waals surface area contributed by atoms with Crippen LogP contribution in [-0.4, -0.2) is 26.0 Å². The molecule has 0 heterocycles. The van der Waals surface area contributed by atoms with Crippen molar-refractivity contribution < 1.29 is 4.79 Å². The Hall–Kier alpha value is -1.75. The lowest BCUT2D eigenvalue weighted by atomic mass is 10.1. The maximum atomic E-state index is 12.1. The van der Waals surface area contributed by atoms with Crippen molar-refractivity contribution >= 4 is 36.4 Å². The third-order valence-corrected chi connectivity index (χ3v) is 3.66. The Bertz CT molecular complexity index is 605. The molecule has 1 unspecified atom stereocenters. The van der Waals surface area contributed by atoms with Gasteiger partial charge in [0.05, 0.1) is 0 Å². The van der Waals surface area contributed by atoms with E-state index in [0.29, 0.717) is 6.54 Å². The van der Waals surface area contributed by atoms with E-state index in [1.54, 1.807) is 0 Å². The van der Waals surface area contributed by atoms with Crippen LogP contribution in [0.2, 0.25) is 0 Å². The zero-order valence-corrected chi connectivity index (χ0v) is 15.6. The molecule has 6 heteroatoms. The summed E-state index contributed by atoms with van der Waals surface area (Å²) in [6.45, 7) is 3.30. The minimum Gasteiger partial charge on any atom is -0.373 e. The normalized spacial score (nSPS) is 10.8. The molecule has 0 bridgehead atoms. The van der Waals surface area contributed by atoms with Gasteiger partial charge in [-0.1, -0.05) is 48.0 Å². The molecule has 0 saturated carbocycles. The number of carbonyl (C=O) groups is 1. The maximum Gasteiger partial charge on any atom is 0.241 e. The number of hydrogen-bond donors (Lipinski definition) is 2. The van der Waals surface area contributed by atoms with E-state index in [0.717, 1.165) is 23.4 Å². The molecule has 0 spiro atoms. The first kappa shape index (κ1) is 22.2. The smallest absolute Gasteiger partial charge is 0.241 e. The molecule has 2 rings (SSSR count). The molecule has 2 aromatic carbocycles. The van der Waals surface area contributed by atoms with Gasteiger partial charge in [-0.2, -0.15) is 0 Å². The van der Waals surface area contributed by atoms with Gasteiger partial charge in [0.1, 0.15) is 6.04 Å². The first-order valence-electron chi connectivity index (χ1n) is 7.44. The minimum absolute atomic E-state index is 0. The van der Waals surface area contributed by atoms with Gasteiger partial charge in [-0.25, -0.2) is 0 Å². The molecule has 0 radical (unpaired) electrons. The molecule has 24 heavy (non-hydrogen) atoms. The number of anilines is 1. The van der Waals surface area contributed by atoms with Gasteiger partial charge in [0.15, 0.2) is 0 Å². The summed E-state index contributed by atoms with van der Waals surface area (Å²) in [5, 5.41) is 2.89. The molecule has 1 amide bonds. The molecule has 0 fully saturated rings. The predicted octanol–water partition coefficient (Wildman–Crippen LogP) is 3.09. The Morgan fingerprint density at radius 1 is 1.08 bits per heavy atom. The van der Waals surface area contributed by atoms with Gasteiger partial charge < -0.3 is 16.0 Å². The number of nitrogens with two attached hydrogens (primary N) is 1. The second-order valence-corrected chi connectivity index (χ2v) is 5.44. The monoisotopic (exact) mass is 369 g/mol. The van der Waals surface area contributed by atoms with Crippen LogP contribution in [0.25, 0.3) is 0 Å². The lowest BCUT2D eigenvalue weighted by Crippen LogP contribution is -2.38. The number of benzene rings is 2. The number of amides is 1. The van der Waals surface area contributed by atoms with E-state index in [1.165, 1.54) is 0 Å². The van der Waals surface area contributed by atoms with Gasteiger partial charge in [0, 0.05) is 25.8 Å². The van der Waals surface area contributed by atoms with E-state index >= 15 is 0 Å². The zero-order valence-electron chi connectivity index (χ0n) is 13.9. The van der Waals surface area contributed by atoms with Crippen LogP contribution in [0.3, 0.4) is 0 Å². The van der Waals surface area contributed by atoms with Gasteiger partial charge in [0.25, 0.3) is 0 Å². The van der Waals surface area contributed by atoms with E-state index in [1.807, 2.05) is 68.6 Å². The van der Waals surface area contributed by atoms with Crippen LogP contribution in [0.5, 0.6) is 0 Å². The molecule has 132 valence electrons. The number of likely N-dealkylation sites (N-methyl/N-ethyl adjacent to an activating group) is 1. The Balaban J connectivity index is 0.00000264. The number of nitrogens with one attached hydrogen (secondary N) is 1. The SMILES string of the molecule is Cc1ccc(C(N)C(=O)NCCN(C)c2ccccc2)cc1.Cl.Cl. The third-order valence-electron chi connectivity index (χ3n) is 3.66. The summed E-state index contributed by atoms with van der Waals surface area (Å²) in [4.78, 5) is 14.2. The fraction of sp³-hybridized carbons (Fsp3) is 0.278. The minimum atomic E-state index is -0.623. The Morgan fingerprint density at radius 2 is 1.67 bits per heavy atom. The van der Waals surface area contributed by atoms with E-state index in [-0.39, 0.29) is 30.7 Å². The van der Waals surface area contributed by atoms with E-state index in [9.17, 15) is 4.79 Å². The quantitative estimate of drug-likeness (QED) is 0.822. The maximum absolute atomic E-state index is 12.1. The van der Waals surface area contributed by atoms with Crippen LogP contribution < -0.4 is 16.0 Å². The fourth-order valence-corrected chi connectivity index (χ4v) is 2.19. The van der Waals surface area contributed by atoms with Crippen LogP contribution >= 0.6 is 24.8 Å². The summed E-state index contributed by atoms with van der Waals surface area (Å²) in [5.74, 6) is -0.148. The summed E-state index contributed by atoms with van der Waals surface area (Å²) < 4.78 is 0. The number of halogens is 2. The Kier molecular flexibility index (Phi) is 10.1. The molecular formula is C18H25Cl2N3O. The molecule has 0 saturated heterocycles. The second-order valence-electron chi connectivity index (χ2n) is 5.44. The second kappa shape index (κ2) is 10.9. The summed E-state index contributed by atoms with van der Waals surface area (Å²) in [6.07, 6.45) is 0. The number of rotatable bonds is 6. The van der Waals surface area contributed by atoms with Gasteiger partial charge in [0.2, 0.25) is 5.91 Å². The van der Waals surface area contributed by atoms with Crippen molar-refractivity contribution in [2.24, 2.45) is 5.73 Å². The topological polar surface area (TPSA) is 58.4 Å². The van der Waals surface area contributed by atoms with Gasteiger partial charge in [-0.3, -0.25) is 4.79 Å². The molecule has 0 aliphatic heterocycles. The van der Waals surface area contributed by atoms with Crippen molar-refractivity contribution in [1.82, 2.24) is 5.32 Å². The molecule has 2 aromatic rings.